The van der Waals surface area contributed by atoms with Gasteiger partial charge < -0.3 is 5.73 Å². The van der Waals surface area contributed by atoms with E-state index in [-0.39, 0.29) is 4.35 Å². The van der Waals surface area contributed by atoms with Gasteiger partial charge in [0.05, 0.1) is 0 Å². The van der Waals surface area contributed by atoms with Crippen molar-refractivity contribution in [2.45, 2.75) is 26.2 Å². The molecule has 4 nitrogen and oxygen atoms in total. The normalized spacial score (nSPS) is 10.5. The van der Waals surface area contributed by atoms with Crippen LogP contribution in [0.5, 0.6) is 0 Å². The summed E-state index contributed by atoms with van der Waals surface area (Å²) in [5.74, 6) is 0. The third-order valence-electron chi connectivity index (χ3n) is 1.90. The summed E-state index contributed by atoms with van der Waals surface area (Å²) in [6.07, 6.45) is 3.75. The first kappa shape index (κ1) is 15.5. The fourth-order valence-electron chi connectivity index (χ4n) is 1.02. The molecule has 1 aromatic rings. The number of hydrogen-bond donors (Lipinski definition) is 3. The number of nitrogens with two attached hydrogens (primary N) is 1. The van der Waals surface area contributed by atoms with Crippen molar-refractivity contribution in [3.05, 3.63) is 30.3 Å². The van der Waals surface area contributed by atoms with Crippen LogP contribution in [0.3, 0.4) is 0 Å². The second-order valence-electron chi connectivity index (χ2n) is 3.38. The van der Waals surface area contributed by atoms with E-state index in [2.05, 4.69) is 6.92 Å². The van der Waals surface area contributed by atoms with E-state index in [9.17, 15) is 3.74 Å². The molecular weight excluding hydrogens is 269 g/mol. The summed E-state index contributed by atoms with van der Waals surface area (Å²) in [6, 6.07) is 7.79. The molecule has 4 N–H and O–H groups in total. The van der Waals surface area contributed by atoms with Crippen LogP contribution in [0.2, 0.25) is 0 Å². The zero-order valence-electron chi connectivity index (χ0n) is 9.54. The molecule has 0 unspecified atom stereocenters. The van der Waals surface area contributed by atoms with Gasteiger partial charge in [0.2, 0.25) is 0 Å². The molecule has 1 rings (SSSR count). The molecule has 0 aliphatic carbocycles. The molecule has 0 atom stereocenters. The Labute approximate surface area is 99.5 Å². The number of hydrogen-bond acceptors (Lipinski definition) is 2. The van der Waals surface area contributed by atoms with Gasteiger partial charge in [-0.1, -0.05) is 19.8 Å². The molecule has 0 aliphatic rings. The molecule has 0 saturated carbocycles. The van der Waals surface area contributed by atoms with Gasteiger partial charge in [-0.3, -0.25) is 0 Å². The van der Waals surface area contributed by atoms with E-state index in [0.29, 0.717) is 0 Å². The summed E-state index contributed by atoms with van der Waals surface area (Å²) in [4.78, 5) is 0. The van der Waals surface area contributed by atoms with Crippen LogP contribution >= 0.6 is 0 Å². The zero-order chi connectivity index (χ0) is 12.4. The molecule has 0 amide bonds. The van der Waals surface area contributed by atoms with Crippen LogP contribution in [0.15, 0.2) is 30.3 Å². The van der Waals surface area contributed by atoms with E-state index < -0.39 is 14.2 Å². The average Bonchev–Trinajstić information content (AvgIpc) is 2.27. The van der Waals surface area contributed by atoms with Gasteiger partial charge in [0.1, 0.15) is 0 Å². The van der Waals surface area contributed by atoms with Gasteiger partial charge in [-0.2, -0.15) is 0 Å². The van der Waals surface area contributed by atoms with Crippen molar-refractivity contribution < 1.29 is 11.9 Å². The van der Waals surface area contributed by atoms with E-state index in [1.54, 1.807) is 18.2 Å². The second-order valence-corrected chi connectivity index (χ2v) is 6.74. The summed E-state index contributed by atoms with van der Waals surface area (Å²) in [7, 11) is 0. The van der Waals surface area contributed by atoms with Crippen LogP contribution in [0.4, 0.5) is 0 Å². The molecule has 0 aliphatic heterocycles. The first-order valence-corrected chi connectivity index (χ1v) is 8.72. The number of benzene rings is 1. The van der Waals surface area contributed by atoms with Crippen LogP contribution < -0.4 is 10.1 Å². The van der Waals surface area contributed by atoms with E-state index in [0.717, 1.165) is 6.54 Å². The molecule has 0 bridgehead atoms. The Morgan fingerprint density at radius 2 is 1.75 bits per heavy atom. The van der Waals surface area contributed by atoms with Crippen LogP contribution in [-0.4, -0.2) is 28.9 Å². The topological polar surface area (TPSA) is 83.6 Å². The van der Waals surface area contributed by atoms with Crippen molar-refractivity contribution in [2.75, 3.05) is 6.54 Å². The third kappa shape index (κ3) is 7.71. The first-order chi connectivity index (χ1) is 7.52. The number of rotatable bonds is 4. The van der Waals surface area contributed by atoms with Gasteiger partial charge in [0.25, 0.3) is 0 Å². The maximum atomic E-state index is 10.6. The van der Waals surface area contributed by atoms with Crippen molar-refractivity contribution in [1.82, 2.24) is 0 Å². The Hall–Kier alpha value is -0.542. The molecule has 5 heteroatoms. The van der Waals surface area contributed by atoms with Crippen molar-refractivity contribution in [2.24, 2.45) is 5.73 Å². The summed E-state index contributed by atoms with van der Waals surface area (Å²) in [6.45, 7) is 3.03. The fourth-order valence-corrected chi connectivity index (χ4v) is 2.19. The molecule has 0 saturated heterocycles. The van der Waals surface area contributed by atoms with Crippen LogP contribution in [0.25, 0.3) is 0 Å². The van der Waals surface area contributed by atoms with E-state index >= 15 is 0 Å². The van der Waals surface area contributed by atoms with E-state index in [1.807, 2.05) is 0 Å². The Balaban J connectivity index is 0.000000325. The Kier molecular flexibility index (Phi) is 8.30. The summed E-state index contributed by atoms with van der Waals surface area (Å²) in [5, 5.41) is 0. The van der Waals surface area contributed by atoms with Gasteiger partial charge in [-0.25, -0.2) is 0 Å². The predicted octanol–water partition coefficient (Wildman–Crippen LogP) is 0.383. The molecular formula is C11H20AsNO3. The molecule has 0 radical (unpaired) electrons. The molecule has 0 heterocycles. The Morgan fingerprint density at radius 3 is 2.00 bits per heavy atom. The maximum absolute atomic E-state index is 10.6. The second kappa shape index (κ2) is 8.59. The van der Waals surface area contributed by atoms with Gasteiger partial charge >= 0.3 is 60.8 Å². The van der Waals surface area contributed by atoms with Crippen LogP contribution in [0.1, 0.15) is 26.2 Å². The summed E-state index contributed by atoms with van der Waals surface area (Å²) in [5.41, 5.74) is 5.21. The molecule has 16 heavy (non-hydrogen) atoms. The van der Waals surface area contributed by atoms with E-state index in [1.165, 1.54) is 31.4 Å². The molecule has 1 aromatic carbocycles. The van der Waals surface area contributed by atoms with Gasteiger partial charge in [0.15, 0.2) is 0 Å². The van der Waals surface area contributed by atoms with Gasteiger partial charge in [-0.15, -0.1) is 0 Å². The van der Waals surface area contributed by atoms with Crippen molar-refractivity contribution in [3.63, 3.8) is 0 Å². The van der Waals surface area contributed by atoms with Crippen molar-refractivity contribution in [1.29, 1.82) is 0 Å². The minimum absolute atomic E-state index is 0.126. The minimum atomic E-state index is -4.60. The van der Waals surface area contributed by atoms with Gasteiger partial charge in [-0.05, 0) is 13.0 Å². The zero-order valence-corrected chi connectivity index (χ0v) is 11.4. The standard InChI is InChI=1S/C6H7AsO3.C5H13N/c8-7(9,10)6-4-2-1-3-5-6;1-2-3-4-5-6/h1-5H,(H2,8,9,10);2-6H2,1H3. The molecule has 92 valence electrons. The molecule has 0 fully saturated rings. The van der Waals surface area contributed by atoms with Crippen LogP contribution in [-0.2, 0) is 3.74 Å². The Morgan fingerprint density at radius 1 is 1.19 bits per heavy atom. The summed E-state index contributed by atoms with van der Waals surface area (Å²) < 4.78 is 28.0. The average molecular weight is 289 g/mol. The third-order valence-corrected chi connectivity index (χ3v) is 3.94. The van der Waals surface area contributed by atoms with E-state index in [4.69, 9.17) is 13.9 Å². The molecule has 0 aromatic heterocycles. The number of unbranched alkanes of at least 4 members (excludes halogenated alkanes) is 2. The summed E-state index contributed by atoms with van der Waals surface area (Å²) >= 11 is -4.60. The predicted molar refractivity (Wildman–Crippen MR) is 65.5 cm³/mol. The monoisotopic (exact) mass is 289 g/mol. The van der Waals surface area contributed by atoms with Crippen LogP contribution in [0, 0.1) is 0 Å². The van der Waals surface area contributed by atoms with Crippen molar-refractivity contribution >= 4 is 18.5 Å². The quantitative estimate of drug-likeness (QED) is 0.553. The van der Waals surface area contributed by atoms with Gasteiger partial charge in [0, 0.05) is 0 Å². The first-order valence-electron chi connectivity index (χ1n) is 5.33. The fraction of sp³-hybridized carbons (Fsp3) is 0.455. The van der Waals surface area contributed by atoms with Crippen molar-refractivity contribution in [3.8, 4) is 0 Å². The molecule has 0 spiro atoms. The Bertz CT molecular complexity index is 306. The SMILES string of the molecule is CCCCCN.O=[As](O)(O)c1ccccc1.